The molecule has 0 radical (unpaired) electrons. The highest BCUT2D eigenvalue weighted by atomic mass is 16.3. The van der Waals surface area contributed by atoms with Gasteiger partial charge < -0.3 is 9.32 Å². The third-order valence-electron chi connectivity index (χ3n) is 4.55. The number of carbonyl (C=O) groups is 1. The van der Waals surface area contributed by atoms with E-state index in [2.05, 4.69) is 17.1 Å². The summed E-state index contributed by atoms with van der Waals surface area (Å²) in [6, 6.07) is 25.4. The third kappa shape index (κ3) is 4.18. The van der Waals surface area contributed by atoms with Gasteiger partial charge in [0.2, 0.25) is 0 Å². The van der Waals surface area contributed by atoms with Crippen LogP contribution in [0.2, 0.25) is 0 Å². The van der Waals surface area contributed by atoms with E-state index >= 15 is 0 Å². The first-order chi connectivity index (χ1) is 13.8. The summed E-state index contributed by atoms with van der Waals surface area (Å²) in [5, 5.41) is 0. The molecule has 0 atom stereocenters. The first kappa shape index (κ1) is 17.7. The van der Waals surface area contributed by atoms with E-state index in [1.807, 2.05) is 66.7 Å². The molecule has 4 rings (SSSR count). The number of hydrogen-bond donors (Lipinski definition) is 0. The van der Waals surface area contributed by atoms with Gasteiger partial charge in [0, 0.05) is 24.5 Å². The van der Waals surface area contributed by atoms with Crippen LogP contribution >= 0.6 is 0 Å². The molecule has 4 aromatic rings. The van der Waals surface area contributed by atoms with E-state index in [1.54, 1.807) is 23.6 Å². The van der Waals surface area contributed by atoms with Gasteiger partial charge in [0.15, 0.2) is 0 Å². The largest absolute Gasteiger partial charge is 0.467 e. The lowest BCUT2D eigenvalue weighted by Gasteiger charge is -2.22. The minimum atomic E-state index is -0.0418. The Morgan fingerprint density at radius 1 is 0.821 bits per heavy atom. The number of furan rings is 1. The molecule has 138 valence electrons. The number of amides is 1. The van der Waals surface area contributed by atoms with Crippen LogP contribution in [0.1, 0.15) is 21.7 Å². The van der Waals surface area contributed by atoms with Gasteiger partial charge in [0.05, 0.1) is 12.8 Å². The number of nitrogens with zero attached hydrogens (tertiary/aromatic N) is 2. The summed E-state index contributed by atoms with van der Waals surface area (Å²) < 4.78 is 5.46. The van der Waals surface area contributed by atoms with Crippen molar-refractivity contribution < 1.29 is 9.21 Å². The number of hydrogen-bond acceptors (Lipinski definition) is 3. The zero-order valence-corrected chi connectivity index (χ0v) is 15.4. The highest BCUT2D eigenvalue weighted by Crippen LogP contribution is 2.21. The standard InChI is InChI=1S/C24H20N2O2/c27-24(22-12-10-21(11-13-22)20-7-2-1-3-8-20)26(18-23-9-5-15-28-23)17-19-6-4-14-25-16-19/h1-16H,17-18H2. The van der Waals surface area contributed by atoms with E-state index < -0.39 is 0 Å². The Labute approximate surface area is 164 Å². The van der Waals surface area contributed by atoms with Gasteiger partial charge in [-0.15, -0.1) is 0 Å². The van der Waals surface area contributed by atoms with Crippen molar-refractivity contribution in [1.82, 2.24) is 9.88 Å². The Morgan fingerprint density at radius 3 is 2.29 bits per heavy atom. The van der Waals surface area contributed by atoms with Crippen LogP contribution in [0.3, 0.4) is 0 Å². The molecule has 1 amide bonds. The number of aromatic nitrogens is 1. The molecular weight excluding hydrogens is 348 g/mol. The van der Waals surface area contributed by atoms with Crippen LogP contribution < -0.4 is 0 Å². The van der Waals surface area contributed by atoms with Crippen LogP contribution in [0.25, 0.3) is 11.1 Å². The van der Waals surface area contributed by atoms with Crippen molar-refractivity contribution in [3.05, 3.63) is 114 Å². The van der Waals surface area contributed by atoms with Crippen LogP contribution in [0, 0.1) is 0 Å². The maximum atomic E-state index is 13.2. The molecule has 2 heterocycles. The molecule has 0 aliphatic heterocycles. The molecule has 0 aliphatic carbocycles. The number of rotatable bonds is 6. The molecule has 4 nitrogen and oxygen atoms in total. The monoisotopic (exact) mass is 368 g/mol. The summed E-state index contributed by atoms with van der Waals surface area (Å²) in [6.07, 6.45) is 5.13. The summed E-state index contributed by atoms with van der Waals surface area (Å²) in [5.74, 6) is 0.706. The topological polar surface area (TPSA) is 46.3 Å². The van der Waals surface area contributed by atoms with E-state index in [1.165, 1.54) is 0 Å². The summed E-state index contributed by atoms with van der Waals surface area (Å²) in [7, 11) is 0. The molecular formula is C24H20N2O2. The Balaban J connectivity index is 1.57. The SMILES string of the molecule is O=C(c1ccc(-c2ccccc2)cc1)N(Cc1cccnc1)Cc1ccco1. The van der Waals surface area contributed by atoms with Gasteiger partial charge in [-0.2, -0.15) is 0 Å². The van der Waals surface area contributed by atoms with E-state index in [9.17, 15) is 4.79 Å². The Kier molecular flexibility index (Phi) is 5.29. The lowest BCUT2D eigenvalue weighted by molar-refractivity contribution is 0.0717. The van der Waals surface area contributed by atoms with Crippen molar-refractivity contribution in [2.45, 2.75) is 13.1 Å². The highest BCUT2D eigenvalue weighted by molar-refractivity contribution is 5.94. The summed E-state index contributed by atoms with van der Waals surface area (Å²) in [4.78, 5) is 19.1. The summed E-state index contributed by atoms with van der Waals surface area (Å²) >= 11 is 0. The lowest BCUT2D eigenvalue weighted by atomic mass is 10.0. The van der Waals surface area contributed by atoms with Gasteiger partial charge in [0.1, 0.15) is 5.76 Å². The van der Waals surface area contributed by atoms with Crippen molar-refractivity contribution >= 4 is 5.91 Å². The molecule has 0 N–H and O–H groups in total. The normalized spacial score (nSPS) is 10.6. The van der Waals surface area contributed by atoms with Gasteiger partial charge in [0.25, 0.3) is 5.91 Å². The Morgan fingerprint density at radius 2 is 1.61 bits per heavy atom. The van der Waals surface area contributed by atoms with E-state index in [0.717, 1.165) is 22.5 Å². The fourth-order valence-electron chi connectivity index (χ4n) is 3.12. The van der Waals surface area contributed by atoms with Crippen LogP contribution in [0.15, 0.2) is 102 Å². The summed E-state index contributed by atoms with van der Waals surface area (Å²) in [6.45, 7) is 0.870. The first-order valence-corrected chi connectivity index (χ1v) is 9.15. The maximum Gasteiger partial charge on any atom is 0.254 e. The van der Waals surface area contributed by atoms with E-state index in [4.69, 9.17) is 4.42 Å². The van der Waals surface area contributed by atoms with Gasteiger partial charge in [-0.05, 0) is 47.0 Å². The number of pyridine rings is 1. The van der Waals surface area contributed by atoms with Gasteiger partial charge in [-0.3, -0.25) is 9.78 Å². The second-order valence-electron chi connectivity index (χ2n) is 6.55. The van der Waals surface area contributed by atoms with E-state index in [0.29, 0.717) is 18.7 Å². The quantitative estimate of drug-likeness (QED) is 0.471. The molecule has 2 aromatic heterocycles. The second kappa shape index (κ2) is 8.35. The van der Waals surface area contributed by atoms with Crippen molar-refractivity contribution in [3.8, 4) is 11.1 Å². The molecule has 4 heteroatoms. The second-order valence-corrected chi connectivity index (χ2v) is 6.55. The van der Waals surface area contributed by atoms with Crippen LogP contribution in [-0.4, -0.2) is 15.8 Å². The van der Waals surface area contributed by atoms with Crippen molar-refractivity contribution in [2.24, 2.45) is 0 Å². The minimum Gasteiger partial charge on any atom is -0.467 e. The molecule has 0 bridgehead atoms. The average molecular weight is 368 g/mol. The van der Waals surface area contributed by atoms with Crippen LogP contribution in [0.5, 0.6) is 0 Å². The first-order valence-electron chi connectivity index (χ1n) is 9.15. The Bertz CT molecular complexity index is 1010. The summed E-state index contributed by atoms with van der Waals surface area (Å²) in [5.41, 5.74) is 3.84. The number of benzene rings is 2. The minimum absolute atomic E-state index is 0.0418. The smallest absolute Gasteiger partial charge is 0.254 e. The van der Waals surface area contributed by atoms with Crippen molar-refractivity contribution in [3.63, 3.8) is 0 Å². The maximum absolute atomic E-state index is 13.2. The molecule has 0 spiro atoms. The zero-order chi connectivity index (χ0) is 19.2. The van der Waals surface area contributed by atoms with Gasteiger partial charge in [-0.25, -0.2) is 0 Å². The fourth-order valence-corrected chi connectivity index (χ4v) is 3.12. The van der Waals surface area contributed by atoms with Crippen LogP contribution in [0.4, 0.5) is 0 Å². The molecule has 0 saturated heterocycles. The average Bonchev–Trinajstić information content (AvgIpc) is 3.27. The predicted molar refractivity (Wildman–Crippen MR) is 108 cm³/mol. The molecule has 0 aliphatic rings. The van der Waals surface area contributed by atoms with Crippen LogP contribution in [-0.2, 0) is 13.1 Å². The third-order valence-corrected chi connectivity index (χ3v) is 4.55. The van der Waals surface area contributed by atoms with Gasteiger partial charge in [-0.1, -0.05) is 48.5 Å². The zero-order valence-electron chi connectivity index (χ0n) is 15.4. The van der Waals surface area contributed by atoms with Gasteiger partial charge >= 0.3 is 0 Å². The Hall–Kier alpha value is -3.66. The molecule has 2 aromatic carbocycles. The number of carbonyl (C=O) groups excluding carboxylic acids is 1. The molecule has 0 saturated carbocycles. The molecule has 0 fully saturated rings. The fraction of sp³-hybridized carbons (Fsp3) is 0.0833. The van der Waals surface area contributed by atoms with E-state index in [-0.39, 0.29) is 5.91 Å². The highest BCUT2D eigenvalue weighted by Gasteiger charge is 2.18. The van der Waals surface area contributed by atoms with Crippen molar-refractivity contribution in [1.29, 1.82) is 0 Å². The molecule has 0 unspecified atom stereocenters. The predicted octanol–water partition coefficient (Wildman–Crippen LogP) is 5.18. The lowest BCUT2D eigenvalue weighted by Crippen LogP contribution is -2.30. The van der Waals surface area contributed by atoms with Crippen molar-refractivity contribution in [2.75, 3.05) is 0 Å². The molecule has 28 heavy (non-hydrogen) atoms.